The van der Waals surface area contributed by atoms with Gasteiger partial charge in [0, 0.05) is 51.6 Å². The number of piperidine rings is 2. The van der Waals surface area contributed by atoms with E-state index in [-0.39, 0.29) is 35.9 Å². The lowest BCUT2D eigenvalue weighted by molar-refractivity contribution is -0.209. The van der Waals surface area contributed by atoms with Gasteiger partial charge in [0.25, 0.3) is 11.8 Å². The van der Waals surface area contributed by atoms with Crippen LogP contribution in [0.15, 0.2) is 72.8 Å². The van der Waals surface area contributed by atoms with Crippen molar-refractivity contribution in [2.45, 2.75) is 43.6 Å². The monoisotopic (exact) mass is 506 g/mol. The first-order valence-corrected chi connectivity index (χ1v) is 12.7. The SMILES string of the molecule is COC(C(=O)N1CCC2(CC1)CC(=O)NC[C@H]2c1ccccc1)(c1cccc2ccccc12)C(C)(F)F. The molecule has 2 atom stereocenters. The van der Waals surface area contributed by atoms with Gasteiger partial charge in [-0.2, -0.15) is 0 Å². The number of carbonyl (C=O) groups is 2. The van der Waals surface area contributed by atoms with Gasteiger partial charge < -0.3 is 15.0 Å². The minimum absolute atomic E-state index is 0.00552. The minimum atomic E-state index is -3.49. The predicted molar refractivity (Wildman–Crippen MR) is 138 cm³/mol. The van der Waals surface area contributed by atoms with E-state index in [4.69, 9.17) is 4.74 Å². The molecule has 1 unspecified atom stereocenters. The second-order valence-electron chi connectivity index (χ2n) is 10.4. The Labute approximate surface area is 215 Å². The van der Waals surface area contributed by atoms with E-state index in [0.29, 0.717) is 31.2 Å². The molecule has 194 valence electrons. The van der Waals surface area contributed by atoms with Crippen LogP contribution in [-0.2, 0) is 19.9 Å². The molecule has 0 radical (unpaired) electrons. The Morgan fingerprint density at radius 3 is 2.32 bits per heavy atom. The third-order valence-electron chi connectivity index (χ3n) is 8.40. The molecule has 3 aromatic rings. The zero-order valence-corrected chi connectivity index (χ0v) is 21.2. The normalized spacial score (nSPS) is 21.5. The first-order valence-electron chi connectivity index (χ1n) is 12.7. The van der Waals surface area contributed by atoms with Gasteiger partial charge in [0.1, 0.15) is 0 Å². The highest BCUT2D eigenvalue weighted by Crippen LogP contribution is 2.50. The summed E-state index contributed by atoms with van der Waals surface area (Å²) >= 11 is 0. The number of halogens is 2. The Kier molecular flexibility index (Phi) is 6.52. The van der Waals surface area contributed by atoms with Crippen LogP contribution in [0.3, 0.4) is 0 Å². The molecule has 0 bridgehead atoms. The number of hydrogen-bond acceptors (Lipinski definition) is 3. The van der Waals surface area contributed by atoms with Crippen LogP contribution in [0.2, 0.25) is 0 Å². The zero-order chi connectivity index (χ0) is 26.3. The van der Waals surface area contributed by atoms with Gasteiger partial charge in [-0.1, -0.05) is 72.8 Å². The summed E-state index contributed by atoms with van der Waals surface area (Å²) in [6.07, 6.45) is 1.46. The van der Waals surface area contributed by atoms with Gasteiger partial charge in [0.15, 0.2) is 0 Å². The van der Waals surface area contributed by atoms with E-state index in [2.05, 4.69) is 17.4 Å². The van der Waals surface area contributed by atoms with Crippen molar-refractivity contribution in [1.82, 2.24) is 10.2 Å². The maximum atomic E-state index is 15.5. The fourth-order valence-electron chi connectivity index (χ4n) is 6.45. The average molecular weight is 507 g/mol. The molecule has 1 N–H and O–H groups in total. The van der Waals surface area contributed by atoms with Crippen molar-refractivity contribution in [2.75, 3.05) is 26.7 Å². The molecule has 5 rings (SSSR count). The molecule has 0 aliphatic carbocycles. The molecular formula is C30H32F2N2O3. The van der Waals surface area contributed by atoms with Crippen molar-refractivity contribution in [3.63, 3.8) is 0 Å². The van der Waals surface area contributed by atoms with Crippen LogP contribution in [0, 0.1) is 5.41 Å². The van der Waals surface area contributed by atoms with E-state index in [1.54, 1.807) is 24.3 Å². The van der Waals surface area contributed by atoms with Crippen molar-refractivity contribution in [1.29, 1.82) is 0 Å². The van der Waals surface area contributed by atoms with Gasteiger partial charge in [-0.25, -0.2) is 8.78 Å². The highest BCUT2D eigenvalue weighted by Gasteiger charge is 2.61. The number of alkyl halides is 2. The average Bonchev–Trinajstić information content (AvgIpc) is 2.89. The quantitative estimate of drug-likeness (QED) is 0.514. The lowest BCUT2D eigenvalue weighted by Crippen LogP contribution is -2.60. The summed E-state index contributed by atoms with van der Waals surface area (Å²) in [7, 11) is 1.18. The molecule has 5 nitrogen and oxygen atoms in total. The summed E-state index contributed by atoms with van der Waals surface area (Å²) in [5.74, 6) is -4.14. The fraction of sp³-hybridized carbons (Fsp3) is 0.400. The summed E-state index contributed by atoms with van der Waals surface area (Å²) < 4.78 is 36.6. The lowest BCUT2D eigenvalue weighted by atomic mass is 9.62. The topological polar surface area (TPSA) is 58.6 Å². The van der Waals surface area contributed by atoms with Gasteiger partial charge in [0.05, 0.1) is 0 Å². The van der Waals surface area contributed by atoms with Gasteiger partial charge in [-0.15, -0.1) is 0 Å². The standard InChI is InChI=1S/C30H32F2N2O3/c1-28(31,32)30(37-2,24-14-8-12-21-9-6-7-13-23(21)24)27(36)34-17-15-29(16-18-34)19-26(35)33-20-25(29)22-10-4-3-5-11-22/h3-14,25H,15-20H2,1-2H3,(H,33,35)/t25-,30?/m0/s1. The highest BCUT2D eigenvalue weighted by molar-refractivity contribution is 5.96. The number of nitrogens with one attached hydrogen (secondary N) is 1. The van der Waals surface area contributed by atoms with E-state index in [1.807, 2.05) is 36.4 Å². The summed E-state index contributed by atoms with van der Waals surface area (Å²) in [5.41, 5.74) is -1.50. The smallest absolute Gasteiger partial charge is 0.287 e. The largest absolute Gasteiger partial charge is 0.359 e. The molecule has 1 spiro atoms. The van der Waals surface area contributed by atoms with Crippen LogP contribution in [-0.4, -0.2) is 49.4 Å². The summed E-state index contributed by atoms with van der Waals surface area (Å²) in [6, 6.07) is 22.3. The van der Waals surface area contributed by atoms with Crippen LogP contribution < -0.4 is 5.32 Å². The number of methoxy groups -OCH3 is 1. The van der Waals surface area contributed by atoms with E-state index in [9.17, 15) is 9.59 Å². The Hall–Kier alpha value is -3.32. The van der Waals surface area contributed by atoms with Gasteiger partial charge in [-0.3, -0.25) is 9.59 Å². The molecule has 0 saturated carbocycles. The Morgan fingerprint density at radius 1 is 1.00 bits per heavy atom. The van der Waals surface area contributed by atoms with Crippen LogP contribution >= 0.6 is 0 Å². The molecule has 2 aliphatic rings. The summed E-state index contributed by atoms with van der Waals surface area (Å²) in [6.45, 7) is 1.84. The number of likely N-dealkylation sites (tertiary alicyclic amines) is 1. The molecule has 2 saturated heterocycles. The Morgan fingerprint density at radius 2 is 1.65 bits per heavy atom. The summed E-state index contributed by atoms with van der Waals surface area (Å²) in [5, 5.41) is 4.31. The van der Waals surface area contributed by atoms with Crippen LogP contribution in [0.5, 0.6) is 0 Å². The van der Waals surface area contributed by atoms with Crippen molar-refractivity contribution >= 4 is 22.6 Å². The summed E-state index contributed by atoms with van der Waals surface area (Å²) in [4.78, 5) is 28.0. The molecular weight excluding hydrogens is 474 g/mol. The van der Waals surface area contributed by atoms with Crippen molar-refractivity contribution in [3.05, 3.63) is 83.9 Å². The van der Waals surface area contributed by atoms with Crippen molar-refractivity contribution in [2.24, 2.45) is 5.41 Å². The predicted octanol–water partition coefficient (Wildman–Crippen LogP) is 5.25. The number of rotatable bonds is 5. The molecule has 37 heavy (non-hydrogen) atoms. The maximum Gasteiger partial charge on any atom is 0.287 e. The number of carbonyl (C=O) groups excluding carboxylic acids is 2. The number of benzene rings is 3. The van der Waals surface area contributed by atoms with Gasteiger partial charge in [0.2, 0.25) is 11.5 Å². The first-order chi connectivity index (χ1) is 17.7. The minimum Gasteiger partial charge on any atom is -0.359 e. The fourth-order valence-corrected chi connectivity index (χ4v) is 6.45. The first kappa shape index (κ1) is 25.3. The van der Waals surface area contributed by atoms with E-state index < -0.39 is 17.4 Å². The molecule has 2 aliphatic heterocycles. The molecule has 0 aromatic heterocycles. The third-order valence-corrected chi connectivity index (χ3v) is 8.40. The number of ether oxygens (including phenoxy) is 1. The Balaban J connectivity index is 1.49. The van der Waals surface area contributed by atoms with Crippen molar-refractivity contribution in [3.8, 4) is 0 Å². The van der Waals surface area contributed by atoms with Crippen molar-refractivity contribution < 1.29 is 23.1 Å². The number of amides is 2. The molecule has 2 heterocycles. The van der Waals surface area contributed by atoms with E-state index in [0.717, 1.165) is 17.9 Å². The van der Waals surface area contributed by atoms with E-state index >= 15 is 8.78 Å². The zero-order valence-electron chi connectivity index (χ0n) is 21.2. The van der Waals surface area contributed by atoms with Crippen LogP contribution in [0.25, 0.3) is 10.8 Å². The molecule has 3 aromatic carbocycles. The molecule has 2 fully saturated rings. The third kappa shape index (κ3) is 4.19. The van der Waals surface area contributed by atoms with E-state index in [1.165, 1.54) is 12.0 Å². The molecule has 2 amide bonds. The second kappa shape index (κ2) is 9.53. The second-order valence-corrected chi connectivity index (χ2v) is 10.4. The van der Waals surface area contributed by atoms with Crippen LogP contribution in [0.4, 0.5) is 8.78 Å². The van der Waals surface area contributed by atoms with Gasteiger partial charge >= 0.3 is 0 Å². The van der Waals surface area contributed by atoms with Gasteiger partial charge in [-0.05, 0) is 34.6 Å². The molecule has 7 heteroatoms. The number of fused-ring (bicyclic) bond motifs is 1. The lowest BCUT2D eigenvalue weighted by Gasteiger charge is -2.50. The maximum absolute atomic E-state index is 15.5. The Bertz CT molecular complexity index is 1290. The highest BCUT2D eigenvalue weighted by atomic mass is 19.3. The number of hydrogen-bond donors (Lipinski definition) is 1. The van der Waals surface area contributed by atoms with Crippen LogP contribution in [0.1, 0.15) is 43.2 Å². The number of nitrogens with zero attached hydrogens (tertiary/aromatic N) is 1.